The maximum Gasteiger partial charge on any atom is 0.270 e. The minimum atomic E-state index is -0.248. The summed E-state index contributed by atoms with van der Waals surface area (Å²) in [5.74, 6) is 0.111. The zero-order valence-electron chi connectivity index (χ0n) is 13.7. The van der Waals surface area contributed by atoms with Gasteiger partial charge < -0.3 is 10.6 Å². The van der Waals surface area contributed by atoms with E-state index in [1.54, 1.807) is 18.3 Å². The van der Waals surface area contributed by atoms with E-state index in [9.17, 15) is 4.79 Å². The molecule has 0 radical (unpaired) electrons. The van der Waals surface area contributed by atoms with Crippen molar-refractivity contribution in [2.45, 2.75) is 13.5 Å². The lowest BCUT2D eigenvalue weighted by atomic mass is 10.2. The van der Waals surface area contributed by atoms with Crippen molar-refractivity contribution in [3.63, 3.8) is 0 Å². The summed E-state index contributed by atoms with van der Waals surface area (Å²) in [6, 6.07) is 16.8. The fourth-order valence-corrected chi connectivity index (χ4v) is 2.53. The Kier molecular flexibility index (Phi) is 5.26. The van der Waals surface area contributed by atoms with Crippen LogP contribution in [0.4, 0.5) is 11.6 Å². The Hall–Kier alpha value is -2.92. The molecule has 0 saturated carbocycles. The first-order chi connectivity index (χ1) is 12.1. The van der Waals surface area contributed by atoms with Gasteiger partial charge in [-0.1, -0.05) is 41.9 Å². The summed E-state index contributed by atoms with van der Waals surface area (Å²) in [5.41, 5.74) is 3.14. The number of halogens is 1. The number of rotatable bonds is 5. The van der Waals surface area contributed by atoms with Gasteiger partial charge in [-0.2, -0.15) is 0 Å². The maximum atomic E-state index is 12.3. The molecule has 6 heteroatoms. The van der Waals surface area contributed by atoms with E-state index in [1.165, 1.54) is 0 Å². The Morgan fingerprint density at radius 1 is 1.12 bits per heavy atom. The van der Waals surface area contributed by atoms with Gasteiger partial charge >= 0.3 is 0 Å². The molecule has 2 aromatic carbocycles. The number of anilines is 2. The third kappa shape index (κ3) is 4.55. The minimum Gasteiger partial charge on any atom is -0.347 e. The third-order valence-electron chi connectivity index (χ3n) is 3.62. The van der Waals surface area contributed by atoms with Crippen molar-refractivity contribution in [2.75, 3.05) is 5.32 Å². The molecular weight excluding hydrogens is 336 g/mol. The number of aryl methyl sites for hydroxylation is 1. The summed E-state index contributed by atoms with van der Waals surface area (Å²) in [5, 5.41) is 6.62. The molecule has 0 bridgehead atoms. The molecule has 0 spiro atoms. The van der Waals surface area contributed by atoms with Crippen LogP contribution in [0.15, 0.2) is 60.8 Å². The van der Waals surface area contributed by atoms with Gasteiger partial charge in [0.2, 0.25) is 5.95 Å². The van der Waals surface area contributed by atoms with E-state index in [2.05, 4.69) is 20.6 Å². The summed E-state index contributed by atoms with van der Waals surface area (Å²) in [4.78, 5) is 20.7. The molecule has 1 amide bonds. The topological polar surface area (TPSA) is 66.9 Å². The van der Waals surface area contributed by atoms with Crippen LogP contribution in [-0.4, -0.2) is 15.9 Å². The highest BCUT2D eigenvalue weighted by Gasteiger charge is 2.09. The van der Waals surface area contributed by atoms with Gasteiger partial charge in [-0.15, -0.1) is 0 Å². The Labute approximate surface area is 151 Å². The Balaban J connectivity index is 1.69. The van der Waals surface area contributed by atoms with Crippen molar-refractivity contribution in [1.82, 2.24) is 15.3 Å². The van der Waals surface area contributed by atoms with Crippen molar-refractivity contribution in [1.29, 1.82) is 0 Å². The fraction of sp³-hybridized carbons (Fsp3) is 0.105. The highest BCUT2D eigenvalue weighted by molar-refractivity contribution is 6.30. The summed E-state index contributed by atoms with van der Waals surface area (Å²) in [6.07, 6.45) is 1.55. The average molecular weight is 353 g/mol. The largest absolute Gasteiger partial charge is 0.347 e. The average Bonchev–Trinajstić information content (AvgIpc) is 2.63. The van der Waals surface area contributed by atoms with E-state index in [0.717, 1.165) is 16.8 Å². The van der Waals surface area contributed by atoms with Crippen LogP contribution < -0.4 is 10.6 Å². The van der Waals surface area contributed by atoms with E-state index in [4.69, 9.17) is 11.6 Å². The van der Waals surface area contributed by atoms with E-state index < -0.39 is 0 Å². The summed E-state index contributed by atoms with van der Waals surface area (Å²) >= 11 is 5.96. The predicted octanol–water partition coefficient (Wildman–Crippen LogP) is 4.11. The summed E-state index contributed by atoms with van der Waals surface area (Å²) in [6.45, 7) is 2.38. The highest BCUT2D eigenvalue weighted by atomic mass is 35.5. The van der Waals surface area contributed by atoms with E-state index in [1.807, 2.05) is 49.4 Å². The van der Waals surface area contributed by atoms with Crippen LogP contribution in [0.1, 0.15) is 21.6 Å². The quantitative estimate of drug-likeness (QED) is 0.725. The molecule has 0 aliphatic heterocycles. The lowest BCUT2D eigenvalue weighted by Gasteiger charge is -2.09. The van der Waals surface area contributed by atoms with Gasteiger partial charge in [-0.25, -0.2) is 9.97 Å². The molecule has 0 fully saturated rings. The Morgan fingerprint density at radius 2 is 1.92 bits per heavy atom. The first kappa shape index (κ1) is 16.9. The molecule has 126 valence electrons. The van der Waals surface area contributed by atoms with Crippen LogP contribution in [-0.2, 0) is 6.54 Å². The van der Waals surface area contributed by atoms with Crippen molar-refractivity contribution in [3.8, 4) is 0 Å². The summed E-state index contributed by atoms with van der Waals surface area (Å²) < 4.78 is 0. The molecule has 25 heavy (non-hydrogen) atoms. The lowest BCUT2D eigenvalue weighted by Crippen LogP contribution is -2.24. The SMILES string of the molecule is Cc1cc(Cl)ccc1Nc1nccc(C(=O)NCc2ccccc2)n1. The Bertz CT molecular complexity index is 884. The molecule has 2 N–H and O–H groups in total. The number of carbonyl (C=O) groups is 1. The zero-order chi connectivity index (χ0) is 17.6. The van der Waals surface area contributed by atoms with Crippen LogP contribution in [0.3, 0.4) is 0 Å². The van der Waals surface area contributed by atoms with E-state index in [0.29, 0.717) is 23.2 Å². The number of hydrogen-bond donors (Lipinski definition) is 2. The normalized spacial score (nSPS) is 10.3. The van der Waals surface area contributed by atoms with Crippen LogP contribution in [0.5, 0.6) is 0 Å². The number of nitrogens with one attached hydrogen (secondary N) is 2. The molecule has 3 rings (SSSR count). The standard InChI is InChI=1S/C19H17ClN4O/c1-13-11-15(20)7-8-16(13)23-19-21-10-9-17(24-19)18(25)22-12-14-5-3-2-4-6-14/h2-11H,12H2,1H3,(H,22,25)(H,21,23,24). The van der Waals surface area contributed by atoms with Crippen LogP contribution in [0.25, 0.3) is 0 Å². The molecule has 0 unspecified atom stereocenters. The van der Waals surface area contributed by atoms with Crippen molar-refractivity contribution in [3.05, 3.63) is 82.6 Å². The number of amides is 1. The second kappa shape index (κ2) is 7.77. The number of hydrogen-bond acceptors (Lipinski definition) is 4. The smallest absolute Gasteiger partial charge is 0.270 e. The second-order valence-electron chi connectivity index (χ2n) is 5.52. The van der Waals surface area contributed by atoms with Gasteiger partial charge in [0.1, 0.15) is 5.69 Å². The van der Waals surface area contributed by atoms with Gasteiger partial charge in [0.25, 0.3) is 5.91 Å². The monoisotopic (exact) mass is 352 g/mol. The van der Waals surface area contributed by atoms with Gasteiger partial charge in [0, 0.05) is 23.5 Å². The van der Waals surface area contributed by atoms with Crippen LogP contribution >= 0.6 is 11.6 Å². The van der Waals surface area contributed by atoms with Gasteiger partial charge in [-0.05, 0) is 42.3 Å². The zero-order valence-corrected chi connectivity index (χ0v) is 14.4. The van der Waals surface area contributed by atoms with Crippen molar-refractivity contribution in [2.24, 2.45) is 0 Å². The minimum absolute atomic E-state index is 0.248. The highest BCUT2D eigenvalue weighted by Crippen LogP contribution is 2.21. The molecular formula is C19H17ClN4O. The third-order valence-corrected chi connectivity index (χ3v) is 3.85. The van der Waals surface area contributed by atoms with Gasteiger partial charge in [0.05, 0.1) is 0 Å². The first-order valence-electron chi connectivity index (χ1n) is 7.80. The number of nitrogens with zero attached hydrogens (tertiary/aromatic N) is 2. The number of aromatic nitrogens is 2. The van der Waals surface area contributed by atoms with Gasteiger partial charge in [-0.3, -0.25) is 4.79 Å². The molecule has 0 aliphatic rings. The molecule has 1 heterocycles. The molecule has 3 aromatic rings. The van der Waals surface area contributed by atoms with Crippen LogP contribution in [0.2, 0.25) is 5.02 Å². The molecule has 5 nitrogen and oxygen atoms in total. The molecule has 0 atom stereocenters. The number of carbonyl (C=O) groups excluding carboxylic acids is 1. The summed E-state index contributed by atoms with van der Waals surface area (Å²) in [7, 11) is 0. The number of benzene rings is 2. The first-order valence-corrected chi connectivity index (χ1v) is 8.18. The van der Waals surface area contributed by atoms with E-state index >= 15 is 0 Å². The van der Waals surface area contributed by atoms with Crippen molar-refractivity contribution < 1.29 is 4.79 Å². The fourth-order valence-electron chi connectivity index (χ4n) is 2.30. The van der Waals surface area contributed by atoms with Crippen molar-refractivity contribution >= 4 is 29.1 Å². The maximum absolute atomic E-state index is 12.3. The predicted molar refractivity (Wildman–Crippen MR) is 99.1 cm³/mol. The lowest BCUT2D eigenvalue weighted by molar-refractivity contribution is 0.0946. The van der Waals surface area contributed by atoms with E-state index in [-0.39, 0.29) is 5.91 Å². The van der Waals surface area contributed by atoms with Gasteiger partial charge in [0.15, 0.2) is 0 Å². The second-order valence-corrected chi connectivity index (χ2v) is 5.95. The van der Waals surface area contributed by atoms with Crippen LogP contribution in [0, 0.1) is 6.92 Å². The Morgan fingerprint density at radius 3 is 2.68 bits per heavy atom. The molecule has 0 aliphatic carbocycles. The molecule has 0 saturated heterocycles. The molecule has 1 aromatic heterocycles.